The van der Waals surface area contributed by atoms with Crippen LogP contribution in [-0.4, -0.2) is 21.0 Å². The number of halogens is 2. The highest BCUT2D eigenvalue weighted by Crippen LogP contribution is 2.30. The zero-order valence-electron chi connectivity index (χ0n) is 13.0. The van der Waals surface area contributed by atoms with Crippen LogP contribution in [0.15, 0.2) is 45.8 Å². The molecule has 0 unspecified atom stereocenters. The molecule has 0 fully saturated rings. The van der Waals surface area contributed by atoms with Crippen LogP contribution in [0.1, 0.15) is 22.8 Å². The normalized spacial score (nSPS) is 11.2. The molecule has 2 aromatic carbocycles. The molecule has 0 atom stereocenters. The Morgan fingerprint density at radius 3 is 2.42 bits per heavy atom. The Hall–Kier alpha value is -1.93. The van der Waals surface area contributed by atoms with E-state index in [1.165, 1.54) is 18.2 Å². The molecule has 24 heavy (non-hydrogen) atoms. The van der Waals surface area contributed by atoms with Crippen molar-refractivity contribution in [2.75, 3.05) is 11.3 Å². The zero-order chi connectivity index (χ0) is 17.9. The topological polar surface area (TPSA) is 72.5 Å². The van der Waals surface area contributed by atoms with Crippen molar-refractivity contribution < 1.29 is 22.3 Å². The first-order chi connectivity index (χ1) is 11.2. The molecular weight excluding hydrogens is 401 g/mol. The number of esters is 1. The van der Waals surface area contributed by atoms with Crippen molar-refractivity contribution in [3.8, 4) is 0 Å². The first-order valence-corrected chi connectivity index (χ1v) is 9.28. The van der Waals surface area contributed by atoms with Crippen LogP contribution < -0.4 is 4.72 Å². The summed E-state index contributed by atoms with van der Waals surface area (Å²) in [7, 11) is -3.95. The maximum atomic E-state index is 14.3. The summed E-state index contributed by atoms with van der Waals surface area (Å²) in [6.07, 6.45) is 0. The van der Waals surface area contributed by atoms with E-state index in [2.05, 4.69) is 20.7 Å². The Bertz CT molecular complexity index is 843. The summed E-state index contributed by atoms with van der Waals surface area (Å²) in [5.74, 6) is -1.58. The quantitative estimate of drug-likeness (QED) is 0.752. The number of anilines is 1. The third-order valence-corrected chi connectivity index (χ3v) is 5.11. The lowest BCUT2D eigenvalue weighted by Crippen LogP contribution is -2.15. The number of hydrogen-bond donors (Lipinski definition) is 1. The van der Waals surface area contributed by atoms with Gasteiger partial charge in [0.2, 0.25) is 0 Å². The predicted molar refractivity (Wildman–Crippen MR) is 92.0 cm³/mol. The van der Waals surface area contributed by atoms with Crippen LogP contribution in [-0.2, 0) is 14.8 Å². The standard InChI is InChI=1S/C16H15BrFNO4S/c1-3-23-16(20)11-8-13(17)15(14(18)9-11)19-24(21,22)12-6-4-10(2)5-7-12/h4-9,19H,3H2,1-2H3. The van der Waals surface area contributed by atoms with Gasteiger partial charge in [0.05, 0.1) is 22.8 Å². The highest BCUT2D eigenvalue weighted by molar-refractivity contribution is 9.10. The summed E-state index contributed by atoms with van der Waals surface area (Å²) in [5.41, 5.74) is 0.614. The van der Waals surface area contributed by atoms with Gasteiger partial charge in [-0.25, -0.2) is 17.6 Å². The van der Waals surface area contributed by atoms with Crippen molar-refractivity contribution in [2.24, 2.45) is 0 Å². The van der Waals surface area contributed by atoms with Crippen molar-refractivity contribution in [1.82, 2.24) is 0 Å². The molecule has 0 bridgehead atoms. The maximum Gasteiger partial charge on any atom is 0.338 e. The van der Waals surface area contributed by atoms with E-state index >= 15 is 0 Å². The van der Waals surface area contributed by atoms with Gasteiger partial charge in [0.25, 0.3) is 10.0 Å². The van der Waals surface area contributed by atoms with Crippen LogP contribution in [0.25, 0.3) is 0 Å². The fraction of sp³-hybridized carbons (Fsp3) is 0.188. The van der Waals surface area contributed by atoms with Crippen molar-refractivity contribution in [1.29, 1.82) is 0 Å². The molecule has 0 spiro atoms. The van der Waals surface area contributed by atoms with Crippen LogP contribution in [0.4, 0.5) is 10.1 Å². The van der Waals surface area contributed by atoms with Gasteiger partial charge in [-0.15, -0.1) is 0 Å². The van der Waals surface area contributed by atoms with Gasteiger partial charge in [-0.3, -0.25) is 4.72 Å². The first-order valence-electron chi connectivity index (χ1n) is 7.00. The molecule has 2 rings (SSSR count). The number of carbonyl (C=O) groups is 1. The van der Waals surface area contributed by atoms with Crippen LogP contribution >= 0.6 is 15.9 Å². The Balaban J connectivity index is 2.36. The van der Waals surface area contributed by atoms with Crippen LogP contribution in [0.2, 0.25) is 0 Å². The summed E-state index contributed by atoms with van der Waals surface area (Å²) in [6.45, 7) is 3.61. The lowest BCUT2D eigenvalue weighted by atomic mass is 10.2. The Kier molecular flexibility index (Phi) is 5.61. The van der Waals surface area contributed by atoms with E-state index in [-0.39, 0.29) is 27.2 Å². The summed E-state index contributed by atoms with van der Waals surface area (Å²) >= 11 is 3.08. The SMILES string of the molecule is CCOC(=O)c1cc(F)c(NS(=O)(=O)c2ccc(C)cc2)c(Br)c1. The average molecular weight is 416 g/mol. The molecule has 0 amide bonds. The summed E-state index contributed by atoms with van der Waals surface area (Å²) < 4.78 is 46.0. The second-order valence-electron chi connectivity index (χ2n) is 4.95. The predicted octanol–water partition coefficient (Wildman–Crippen LogP) is 3.87. The summed E-state index contributed by atoms with van der Waals surface area (Å²) in [4.78, 5) is 11.7. The molecule has 0 heterocycles. The maximum absolute atomic E-state index is 14.3. The van der Waals surface area contributed by atoms with E-state index < -0.39 is 21.8 Å². The number of nitrogens with one attached hydrogen (secondary N) is 1. The van der Waals surface area contributed by atoms with Gasteiger partial charge in [0, 0.05) is 4.47 Å². The van der Waals surface area contributed by atoms with Gasteiger partial charge >= 0.3 is 5.97 Å². The second kappa shape index (κ2) is 7.31. The highest BCUT2D eigenvalue weighted by Gasteiger charge is 2.20. The zero-order valence-corrected chi connectivity index (χ0v) is 15.4. The lowest BCUT2D eigenvalue weighted by molar-refractivity contribution is 0.0525. The average Bonchev–Trinajstić information content (AvgIpc) is 2.51. The van der Waals surface area contributed by atoms with Crippen molar-refractivity contribution in [2.45, 2.75) is 18.7 Å². The number of ether oxygens (including phenoxy) is 1. The molecule has 0 saturated carbocycles. The van der Waals surface area contributed by atoms with Crippen LogP contribution in [0.3, 0.4) is 0 Å². The van der Waals surface area contributed by atoms with E-state index in [1.54, 1.807) is 19.1 Å². The van der Waals surface area contributed by atoms with Gasteiger partial charge in [-0.05, 0) is 54.0 Å². The first kappa shape index (κ1) is 18.4. The van der Waals surface area contributed by atoms with Crippen molar-refractivity contribution in [3.05, 3.63) is 57.8 Å². The largest absolute Gasteiger partial charge is 0.462 e. The fourth-order valence-corrected chi connectivity index (χ4v) is 3.67. The molecule has 1 N–H and O–H groups in total. The minimum Gasteiger partial charge on any atom is -0.462 e. The third-order valence-electron chi connectivity index (χ3n) is 3.12. The minimum absolute atomic E-state index is 0.00821. The lowest BCUT2D eigenvalue weighted by Gasteiger charge is -2.12. The third kappa shape index (κ3) is 4.12. The summed E-state index contributed by atoms with van der Waals surface area (Å²) in [6, 6.07) is 8.37. The van der Waals surface area contributed by atoms with E-state index in [4.69, 9.17) is 4.74 Å². The molecular formula is C16H15BrFNO4S. The number of aryl methyl sites for hydroxylation is 1. The Morgan fingerprint density at radius 1 is 1.25 bits per heavy atom. The second-order valence-corrected chi connectivity index (χ2v) is 7.49. The molecule has 0 saturated heterocycles. The van der Waals surface area contributed by atoms with Gasteiger partial charge in [-0.1, -0.05) is 17.7 Å². The highest BCUT2D eigenvalue weighted by atomic mass is 79.9. The van der Waals surface area contributed by atoms with E-state index in [1.807, 2.05) is 6.92 Å². The molecule has 0 aliphatic rings. The monoisotopic (exact) mass is 415 g/mol. The molecule has 0 aliphatic carbocycles. The van der Waals surface area contributed by atoms with E-state index in [0.717, 1.165) is 11.6 Å². The van der Waals surface area contributed by atoms with E-state index in [0.29, 0.717) is 0 Å². The molecule has 2 aromatic rings. The van der Waals surface area contributed by atoms with Crippen molar-refractivity contribution in [3.63, 3.8) is 0 Å². The van der Waals surface area contributed by atoms with Gasteiger partial charge in [0.1, 0.15) is 5.82 Å². The molecule has 0 radical (unpaired) electrons. The van der Waals surface area contributed by atoms with Gasteiger partial charge in [0.15, 0.2) is 0 Å². The number of sulfonamides is 1. The van der Waals surface area contributed by atoms with Crippen LogP contribution in [0, 0.1) is 12.7 Å². The number of rotatable bonds is 5. The number of hydrogen-bond acceptors (Lipinski definition) is 4. The molecule has 0 aliphatic heterocycles. The van der Waals surface area contributed by atoms with E-state index in [9.17, 15) is 17.6 Å². The smallest absolute Gasteiger partial charge is 0.338 e. The number of benzene rings is 2. The molecule has 8 heteroatoms. The minimum atomic E-state index is -3.95. The fourth-order valence-electron chi connectivity index (χ4n) is 1.91. The van der Waals surface area contributed by atoms with Crippen molar-refractivity contribution >= 4 is 37.6 Å². The number of carbonyl (C=O) groups excluding carboxylic acids is 1. The molecule has 5 nitrogen and oxygen atoms in total. The molecule has 0 aromatic heterocycles. The Labute approximate surface area is 148 Å². The van der Waals surface area contributed by atoms with Gasteiger partial charge in [-0.2, -0.15) is 0 Å². The molecule has 128 valence electrons. The Morgan fingerprint density at radius 2 is 1.88 bits per heavy atom. The van der Waals surface area contributed by atoms with Gasteiger partial charge < -0.3 is 4.74 Å². The summed E-state index contributed by atoms with van der Waals surface area (Å²) in [5, 5.41) is 0. The van der Waals surface area contributed by atoms with Crippen LogP contribution in [0.5, 0.6) is 0 Å².